The summed E-state index contributed by atoms with van der Waals surface area (Å²) in [5, 5.41) is 11.2. The van der Waals surface area contributed by atoms with Crippen LogP contribution in [0.3, 0.4) is 0 Å². The minimum atomic E-state index is -0.408. The van der Waals surface area contributed by atoms with Gasteiger partial charge in [-0.25, -0.2) is 5.43 Å². The third-order valence-electron chi connectivity index (χ3n) is 3.48. The number of carbonyl (C=O) groups is 1. The summed E-state index contributed by atoms with van der Waals surface area (Å²) in [6, 6.07) is 5.06. The zero-order chi connectivity index (χ0) is 17.3. The Kier molecular flexibility index (Phi) is 4.19. The van der Waals surface area contributed by atoms with Crippen molar-refractivity contribution < 1.29 is 14.3 Å². The molecular formula is C16H17ClN4O3. The number of fused-ring (bicyclic) bond motifs is 1. The molecule has 1 amide bonds. The standard InChI is InChI=1S/C16H17ClN4O3/c1-16(2,3)14-6-11(19-20-14)15(22)21-18-7-9-4-12-13(5-10(9)17)24-8-23-12/h4-7H,8H2,1-3H3,(H,19,20)(H,21,22)/b18-7-. The molecule has 2 aromatic rings. The van der Waals surface area contributed by atoms with Crippen molar-refractivity contribution in [1.82, 2.24) is 15.6 Å². The second-order valence-electron chi connectivity index (χ2n) is 6.34. The summed E-state index contributed by atoms with van der Waals surface area (Å²) < 4.78 is 10.5. The minimum Gasteiger partial charge on any atom is -0.454 e. The second-order valence-corrected chi connectivity index (χ2v) is 6.75. The first-order chi connectivity index (χ1) is 11.3. The smallest absolute Gasteiger partial charge is 0.291 e. The molecule has 0 atom stereocenters. The average Bonchev–Trinajstić information content (AvgIpc) is 3.15. The molecule has 1 aromatic carbocycles. The van der Waals surface area contributed by atoms with E-state index >= 15 is 0 Å². The quantitative estimate of drug-likeness (QED) is 0.659. The topological polar surface area (TPSA) is 88.6 Å². The summed E-state index contributed by atoms with van der Waals surface area (Å²) in [6.45, 7) is 6.25. The first-order valence-electron chi connectivity index (χ1n) is 7.33. The van der Waals surface area contributed by atoms with E-state index in [9.17, 15) is 4.79 Å². The average molecular weight is 349 g/mol. The number of hydrogen-bond donors (Lipinski definition) is 2. The van der Waals surface area contributed by atoms with E-state index in [1.807, 2.05) is 20.8 Å². The lowest BCUT2D eigenvalue weighted by Gasteiger charge is -2.14. The predicted molar refractivity (Wildman–Crippen MR) is 89.9 cm³/mol. The molecule has 7 nitrogen and oxygen atoms in total. The molecule has 2 heterocycles. The van der Waals surface area contributed by atoms with Crippen LogP contribution in [0.15, 0.2) is 23.3 Å². The molecule has 1 aliphatic heterocycles. The number of nitrogens with one attached hydrogen (secondary N) is 2. The number of ether oxygens (including phenoxy) is 2. The van der Waals surface area contributed by atoms with Crippen molar-refractivity contribution in [2.75, 3.05) is 6.79 Å². The molecular weight excluding hydrogens is 332 g/mol. The molecule has 24 heavy (non-hydrogen) atoms. The van der Waals surface area contributed by atoms with Crippen molar-refractivity contribution in [1.29, 1.82) is 0 Å². The van der Waals surface area contributed by atoms with Gasteiger partial charge in [0.05, 0.1) is 11.2 Å². The number of benzene rings is 1. The van der Waals surface area contributed by atoms with Gasteiger partial charge in [0.1, 0.15) is 0 Å². The van der Waals surface area contributed by atoms with Crippen LogP contribution in [0.4, 0.5) is 0 Å². The Morgan fingerprint density at radius 3 is 2.71 bits per heavy atom. The highest BCUT2D eigenvalue weighted by molar-refractivity contribution is 6.33. The van der Waals surface area contributed by atoms with E-state index in [-0.39, 0.29) is 17.9 Å². The minimum absolute atomic E-state index is 0.116. The first kappa shape index (κ1) is 16.3. The lowest BCUT2D eigenvalue weighted by Crippen LogP contribution is -2.18. The van der Waals surface area contributed by atoms with Crippen molar-refractivity contribution in [2.24, 2.45) is 5.10 Å². The van der Waals surface area contributed by atoms with Crippen LogP contribution in [0.5, 0.6) is 11.5 Å². The Bertz CT molecular complexity index is 808. The normalized spacial score (nSPS) is 13.5. The van der Waals surface area contributed by atoms with Gasteiger partial charge in [-0.05, 0) is 12.1 Å². The van der Waals surface area contributed by atoms with Crippen molar-refractivity contribution in [3.8, 4) is 11.5 Å². The number of aromatic nitrogens is 2. The number of carbonyl (C=O) groups excluding carboxylic acids is 1. The summed E-state index contributed by atoms with van der Waals surface area (Å²) >= 11 is 6.14. The van der Waals surface area contributed by atoms with Crippen molar-refractivity contribution in [3.63, 3.8) is 0 Å². The number of rotatable bonds is 3. The molecule has 2 N–H and O–H groups in total. The van der Waals surface area contributed by atoms with Gasteiger partial charge in [0.25, 0.3) is 5.91 Å². The highest BCUT2D eigenvalue weighted by Gasteiger charge is 2.19. The van der Waals surface area contributed by atoms with Gasteiger partial charge in [-0.3, -0.25) is 9.89 Å². The molecule has 1 aliphatic rings. The zero-order valence-electron chi connectivity index (χ0n) is 13.5. The summed E-state index contributed by atoms with van der Waals surface area (Å²) in [7, 11) is 0. The Balaban J connectivity index is 1.68. The van der Waals surface area contributed by atoms with Gasteiger partial charge in [-0.2, -0.15) is 10.2 Å². The molecule has 3 rings (SSSR count). The third-order valence-corrected chi connectivity index (χ3v) is 3.81. The van der Waals surface area contributed by atoms with Gasteiger partial charge in [0, 0.05) is 22.7 Å². The Hall–Kier alpha value is -2.54. The Labute approximate surface area is 144 Å². The molecule has 0 radical (unpaired) electrons. The van der Waals surface area contributed by atoms with Crippen molar-refractivity contribution >= 4 is 23.7 Å². The monoisotopic (exact) mass is 348 g/mol. The molecule has 0 bridgehead atoms. The molecule has 0 saturated carbocycles. The van der Waals surface area contributed by atoms with Gasteiger partial charge in [-0.1, -0.05) is 32.4 Å². The number of hydrazone groups is 1. The van der Waals surface area contributed by atoms with E-state index in [1.165, 1.54) is 6.21 Å². The summed E-state index contributed by atoms with van der Waals surface area (Å²) in [5.41, 5.74) is 4.06. The fraction of sp³-hybridized carbons (Fsp3) is 0.312. The van der Waals surface area contributed by atoms with E-state index in [2.05, 4.69) is 20.7 Å². The van der Waals surface area contributed by atoms with Crippen LogP contribution in [0.2, 0.25) is 5.02 Å². The maximum absolute atomic E-state index is 12.1. The van der Waals surface area contributed by atoms with Crippen LogP contribution in [-0.4, -0.2) is 29.1 Å². The van der Waals surface area contributed by atoms with Gasteiger partial charge >= 0.3 is 0 Å². The molecule has 0 fully saturated rings. The molecule has 1 aromatic heterocycles. The summed E-state index contributed by atoms with van der Waals surface area (Å²) in [5.74, 6) is 0.775. The summed E-state index contributed by atoms with van der Waals surface area (Å²) in [6.07, 6.45) is 1.44. The first-order valence-corrected chi connectivity index (χ1v) is 7.71. The van der Waals surface area contributed by atoms with Gasteiger partial charge in [0.2, 0.25) is 6.79 Å². The zero-order valence-corrected chi connectivity index (χ0v) is 14.3. The Morgan fingerprint density at radius 1 is 1.33 bits per heavy atom. The fourth-order valence-corrected chi connectivity index (χ4v) is 2.27. The van der Waals surface area contributed by atoms with E-state index in [1.54, 1.807) is 18.2 Å². The highest BCUT2D eigenvalue weighted by atomic mass is 35.5. The predicted octanol–water partition coefficient (Wildman–Crippen LogP) is 2.85. The molecule has 126 valence electrons. The maximum atomic E-state index is 12.1. The Morgan fingerprint density at radius 2 is 2.04 bits per heavy atom. The van der Waals surface area contributed by atoms with Crippen molar-refractivity contribution in [3.05, 3.63) is 40.2 Å². The van der Waals surface area contributed by atoms with Crippen LogP contribution < -0.4 is 14.9 Å². The van der Waals surface area contributed by atoms with Crippen LogP contribution in [0.1, 0.15) is 42.5 Å². The lowest BCUT2D eigenvalue weighted by atomic mass is 9.92. The number of aromatic amines is 1. The van der Waals surface area contributed by atoms with Gasteiger partial charge < -0.3 is 9.47 Å². The van der Waals surface area contributed by atoms with Crippen LogP contribution in [-0.2, 0) is 5.41 Å². The highest BCUT2D eigenvalue weighted by Crippen LogP contribution is 2.36. The van der Waals surface area contributed by atoms with Crippen LogP contribution >= 0.6 is 11.6 Å². The van der Waals surface area contributed by atoms with Gasteiger partial charge in [-0.15, -0.1) is 0 Å². The largest absolute Gasteiger partial charge is 0.454 e. The van der Waals surface area contributed by atoms with E-state index < -0.39 is 5.91 Å². The maximum Gasteiger partial charge on any atom is 0.291 e. The lowest BCUT2D eigenvalue weighted by molar-refractivity contribution is 0.0950. The van der Waals surface area contributed by atoms with Crippen molar-refractivity contribution in [2.45, 2.75) is 26.2 Å². The summed E-state index contributed by atoms with van der Waals surface area (Å²) in [4.78, 5) is 12.1. The fourth-order valence-electron chi connectivity index (χ4n) is 2.07. The van der Waals surface area contributed by atoms with E-state index in [0.717, 1.165) is 5.69 Å². The van der Waals surface area contributed by atoms with Gasteiger partial charge in [0.15, 0.2) is 17.2 Å². The number of H-pyrrole nitrogens is 1. The SMILES string of the molecule is CC(C)(C)c1cc(C(=O)N/N=C\c2cc3c(cc2Cl)OCO3)n[nH]1. The van der Waals surface area contributed by atoms with Crippen LogP contribution in [0.25, 0.3) is 0 Å². The van der Waals surface area contributed by atoms with E-state index in [0.29, 0.717) is 22.1 Å². The number of amides is 1. The molecule has 0 spiro atoms. The molecule has 8 heteroatoms. The van der Waals surface area contributed by atoms with Crippen LogP contribution in [0, 0.1) is 0 Å². The molecule has 0 saturated heterocycles. The number of hydrogen-bond acceptors (Lipinski definition) is 5. The number of nitrogens with zero attached hydrogens (tertiary/aromatic N) is 2. The molecule has 0 aliphatic carbocycles. The van der Waals surface area contributed by atoms with E-state index in [4.69, 9.17) is 21.1 Å². The number of halogens is 1. The molecule has 0 unspecified atom stereocenters. The third kappa shape index (κ3) is 3.35. The second kappa shape index (κ2) is 6.16.